The summed E-state index contributed by atoms with van der Waals surface area (Å²) in [5.74, 6) is -1.89. The lowest BCUT2D eigenvalue weighted by molar-refractivity contribution is -0.154. The third kappa shape index (κ3) is 11.7. The molecule has 1 atom stereocenters. The van der Waals surface area contributed by atoms with Crippen LogP contribution >= 0.6 is 11.8 Å². The van der Waals surface area contributed by atoms with Gasteiger partial charge in [0, 0.05) is 28.7 Å². The summed E-state index contributed by atoms with van der Waals surface area (Å²) in [5.41, 5.74) is 2.36. The molecule has 1 aromatic carbocycles. The fraction of sp³-hybridized carbons (Fsp3) is 0.697. The molecule has 0 radical (unpaired) electrons. The molecule has 0 bridgehead atoms. The molecule has 1 aromatic rings. The predicted octanol–water partition coefficient (Wildman–Crippen LogP) is 6.89. The van der Waals surface area contributed by atoms with Crippen molar-refractivity contribution in [2.24, 2.45) is 0 Å². The Morgan fingerprint density at radius 3 is 1.83 bits per heavy atom. The van der Waals surface area contributed by atoms with Gasteiger partial charge in [0.25, 0.3) is 0 Å². The van der Waals surface area contributed by atoms with E-state index >= 15 is 0 Å². The molecule has 0 spiro atoms. The number of aliphatic hydroxyl groups is 1. The maximum absolute atomic E-state index is 13.0. The first-order valence-corrected chi connectivity index (χ1v) is 22.9. The Hall–Kier alpha value is -2.76. The van der Waals surface area contributed by atoms with Gasteiger partial charge in [-0.3, -0.25) is 4.79 Å². The van der Waals surface area contributed by atoms with Gasteiger partial charge in [0.15, 0.2) is 6.04 Å². The first-order valence-electron chi connectivity index (χ1n) is 16.0. The first-order chi connectivity index (χ1) is 21.6. The van der Waals surface area contributed by atoms with Crippen LogP contribution in [0.1, 0.15) is 90.2 Å². The van der Waals surface area contributed by atoms with Gasteiger partial charge in [-0.1, -0.05) is 41.5 Å². The molecule has 2 amide bonds. The number of aromatic carboxylic acids is 1. The molecular weight excluding hydrogens is 673 g/mol. The van der Waals surface area contributed by atoms with Crippen molar-refractivity contribution in [3.63, 3.8) is 0 Å². The topological polar surface area (TPSA) is 161 Å². The second kappa shape index (κ2) is 16.3. The van der Waals surface area contributed by atoms with E-state index in [1.165, 1.54) is 0 Å². The van der Waals surface area contributed by atoms with Gasteiger partial charge in [-0.25, -0.2) is 24.8 Å². The normalized spacial score (nSPS) is 13.3. The highest BCUT2D eigenvalue weighted by Gasteiger charge is 2.42. The molecule has 0 aliphatic carbocycles. The summed E-state index contributed by atoms with van der Waals surface area (Å²) in [4.78, 5) is 51.6. The van der Waals surface area contributed by atoms with E-state index in [9.17, 15) is 29.4 Å². The summed E-state index contributed by atoms with van der Waals surface area (Å²) in [7, 11) is -3.72. The maximum Gasteiger partial charge on any atom is 0.426 e. The molecule has 0 aromatic heterocycles. The Morgan fingerprint density at radius 2 is 1.42 bits per heavy atom. The molecule has 48 heavy (non-hydrogen) atoms. The van der Waals surface area contributed by atoms with Crippen molar-refractivity contribution < 1.29 is 47.7 Å². The average molecular weight is 731 g/mol. The van der Waals surface area contributed by atoms with Gasteiger partial charge >= 0.3 is 18.0 Å². The molecule has 12 nitrogen and oxygen atoms in total. The second-order valence-corrected chi connectivity index (χ2v) is 26.3. The van der Waals surface area contributed by atoms with Crippen LogP contribution in [0.5, 0.6) is 11.5 Å². The van der Waals surface area contributed by atoms with Crippen LogP contribution < -0.4 is 14.3 Å². The highest BCUT2D eigenvalue weighted by atomic mass is 32.2. The van der Waals surface area contributed by atoms with Crippen LogP contribution in [0.4, 0.5) is 4.79 Å². The van der Waals surface area contributed by atoms with E-state index in [1.54, 1.807) is 33.8 Å². The van der Waals surface area contributed by atoms with E-state index in [1.807, 2.05) is 0 Å². The van der Waals surface area contributed by atoms with E-state index in [0.717, 1.165) is 23.9 Å². The Bertz CT molecular complexity index is 1330. The van der Waals surface area contributed by atoms with Gasteiger partial charge in [0.2, 0.25) is 22.5 Å². The lowest BCUT2D eigenvalue weighted by Gasteiger charge is -2.39. The van der Waals surface area contributed by atoms with Crippen molar-refractivity contribution >= 4 is 52.3 Å². The molecule has 0 saturated heterocycles. The number of carbonyl (C=O) groups excluding carboxylic acids is 3. The first kappa shape index (κ1) is 43.3. The number of carbonyl (C=O) groups is 4. The molecule has 0 unspecified atom stereocenters. The van der Waals surface area contributed by atoms with Gasteiger partial charge in [-0.2, -0.15) is 11.8 Å². The second-order valence-electron chi connectivity index (χ2n) is 15.8. The standard InChI is InChI=1S/C33H58N2O10SSi2/c1-21-24(44-47(12,13)32(5,6)7)18-25(45-48(14,15)33(8,9)10)22(27(21)28(38)39)19-46-20-23(29(40)42-11)35(26(37)16-17-36)34-30(41)43-31(2,3)4/h18,23,36H,16-17,19-20H2,1-15H3,(H,34,41)(H,38,39)/t23-/m0/s1. The number of hydrazine groups is 1. The summed E-state index contributed by atoms with van der Waals surface area (Å²) in [6, 6.07) is 0.462. The van der Waals surface area contributed by atoms with E-state index in [4.69, 9.17) is 18.3 Å². The van der Waals surface area contributed by atoms with Crippen LogP contribution in [0.25, 0.3) is 0 Å². The van der Waals surface area contributed by atoms with Crippen LogP contribution in [0, 0.1) is 6.92 Å². The Morgan fingerprint density at radius 1 is 0.917 bits per heavy atom. The number of benzene rings is 1. The zero-order valence-corrected chi connectivity index (χ0v) is 34.3. The van der Waals surface area contributed by atoms with Crippen LogP contribution in [0.3, 0.4) is 0 Å². The van der Waals surface area contributed by atoms with Crippen molar-refractivity contribution in [2.45, 2.75) is 129 Å². The number of methoxy groups -OCH3 is 1. The third-order valence-electron chi connectivity index (χ3n) is 8.67. The monoisotopic (exact) mass is 730 g/mol. The fourth-order valence-corrected chi connectivity index (χ4v) is 7.08. The maximum atomic E-state index is 13.0. The SMILES string of the molecule is COC(=O)[C@H](CSCc1c(O[Si](C)(C)C(C)(C)C)cc(O[Si](C)(C)C(C)(C)C)c(C)c1C(=O)O)N(NC(=O)OC(C)(C)C)C(=O)CCO. The Labute approximate surface area is 292 Å². The predicted molar refractivity (Wildman–Crippen MR) is 194 cm³/mol. The van der Waals surface area contributed by atoms with Crippen LogP contribution in [-0.4, -0.2) is 86.9 Å². The van der Waals surface area contributed by atoms with E-state index < -0.39 is 58.8 Å². The number of aliphatic hydroxyl groups excluding tert-OH is 1. The van der Waals surface area contributed by atoms with Gasteiger partial charge < -0.3 is 28.5 Å². The van der Waals surface area contributed by atoms with Gasteiger partial charge in [0.05, 0.1) is 25.7 Å². The molecule has 3 N–H and O–H groups in total. The highest BCUT2D eigenvalue weighted by molar-refractivity contribution is 7.98. The Balaban J connectivity index is 3.76. The molecule has 0 aliphatic heterocycles. The van der Waals surface area contributed by atoms with Crippen molar-refractivity contribution in [2.75, 3.05) is 19.5 Å². The fourth-order valence-electron chi connectivity index (χ4n) is 3.86. The number of carboxylic acids is 1. The summed E-state index contributed by atoms with van der Waals surface area (Å²) in [6.45, 7) is 27.0. The van der Waals surface area contributed by atoms with Crippen LogP contribution in [0.2, 0.25) is 36.3 Å². The zero-order chi connectivity index (χ0) is 37.6. The van der Waals surface area contributed by atoms with Crippen molar-refractivity contribution in [1.82, 2.24) is 10.4 Å². The summed E-state index contributed by atoms with van der Waals surface area (Å²) < 4.78 is 23.7. The molecule has 1 rings (SSSR count). The number of nitrogens with one attached hydrogen (secondary N) is 1. The zero-order valence-electron chi connectivity index (χ0n) is 31.5. The van der Waals surface area contributed by atoms with Crippen molar-refractivity contribution in [1.29, 1.82) is 0 Å². The smallest absolute Gasteiger partial charge is 0.426 e. The van der Waals surface area contributed by atoms with E-state index in [-0.39, 0.29) is 33.6 Å². The number of amides is 2. The third-order valence-corrected chi connectivity index (χ3v) is 18.4. The van der Waals surface area contributed by atoms with Gasteiger partial charge in [-0.05, 0) is 64.0 Å². The summed E-state index contributed by atoms with van der Waals surface area (Å²) in [5, 5.41) is 20.4. The number of ether oxygens (including phenoxy) is 2. The molecule has 0 fully saturated rings. The quantitative estimate of drug-likeness (QED) is 0.110. The minimum atomic E-state index is -2.49. The van der Waals surface area contributed by atoms with E-state index in [0.29, 0.717) is 22.6 Å². The minimum absolute atomic E-state index is 0.0436. The molecule has 0 heterocycles. The minimum Gasteiger partial charge on any atom is -0.543 e. The highest BCUT2D eigenvalue weighted by Crippen LogP contribution is 2.44. The average Bonchev–Trinajstić information content (AvgIpc) is 2.89. The number of thioether (sulfide) groups is 1. The number of carboxylic acid groups (broad SMARTS) is 1. The van der Waals surface area contributed by atoms with Crippen molar-refractivity contribution in [3.8, 4) is 11.5 Å². The summed E-state index contributed by atoms with van der Waals surface area (Å²) in [6.07, 6.45) is -1.35. The Kier molecular flexibility index (Phi) is 14.7. The van der Waals surface area contributed by atoms with Crippen LogP contribution in [0.15, 0.2) is 6.07 Å². The molecule has 0 saturated carbocycles. The van der Waals surface area contributed by atoms with Crippen LogP contribution in [-0.2, 0) is 24.8 Å². The number of nitrogens with zero attached hydrogens (tertiary/aromatic N) is 1. The lowest BCUT2D eigenvalue weighted by Crippen LogP contribution is -2.57. The number of rotatable bonds is 13. The molecule has 15 heteroatoms. The summed E-state index contributed by atoms with van der Waals surface area (Å²) >= 11 is 1.16. The molecular formula is C33H58N2O10SSi2. The van der Waals surface area contributed by atoms with E-state index in [2.05, 4.69) is 73.2 Å². The van der Waals surface area contributed by atoms with Crippen molar-refractivity contribution in [3.05, 3.63) is 22.8 Å². The largest absolute Gasteiger partial charge is 0.543 e. The van der Waals surface area contributed by atoms with Gasteiger partial charge in [0.1, 0.15) is 17.1 Å². The number of hydrogen-bond donors (Lipinski definition) is 3. The number of hydrogen-bond acceptors (Lipinski definition) is 10. The molecule has 0 aliphatic rings. The lowest BCUT2D eigenvalue weighted by atomic mass is 10.0. The van der Waals surface area contributed by atoms with Gasteiger partial charge in [-0.15, -0.1) is 0 Å². The number of esters is 1. The molecule has 274 valence electrons.